The van der Waals surface area contributed by atoms with E-state index in [0.29, 0.717) is 18.2 Å². The molecule has 0 spiro atoms. The molecule has 5 nitrogen and oxygen atoms in total. The highest BCUT2D eigenvalue weighted by molar-refractivity contribution is 5.94. The fraction of sp³-hybridized carbons (Fsp3) is 0.600. The minimum absolute atomic E-state index is 0.0470. The Morgan fingerprint density at radius 2 is 1.68 bits per heavy atom. The minimum atomic E-state index is -0.0470. The fourth-order valence-electron chi connectivity index (χ4n) is 3.89. The smallest absolute Gasteiger partial charge is 0.253 e. The molecular weight excluding hydrogens is 314 g/mol. The summed E-state index contributed by atoms with van der Waals surface area (Å²) in [6.45, 7) is 4.97. The van der Waals surface area contributed by atoms with Crippen molar-refractivity contribution in [2.75, 3.05) is 33.2 Å². The summed E-state index contributed by atoms with van der Waals surface area (Å²) >= 11 is 0. The molecule has 3 rings (SSSR count). The number of nitrogens with one attached hydrogen (secondary N) is 1. The molecule has 0 aliphatic carbocycles. The molecule has 1 unspecified atom stereocenters. The van der Waals surface area contributed by atoms with Crippen LogP contribution in [0.25, 0.3) is 0 Å². The van der Waals surface area contributed by atoms with Crippen molar-refractivity contribution in [1.82, 2.24) is 15.1 Å². The summed E-state index contributed by atoms with van der Waals surface area (Å²) in [5.74, 6) is 0.233. The maximum atomic E-state index is 12.9. The molecular formula is C20H29N3O2. The summed E-state index contributed by atoms with van der Waals surface area (Å²) in [6.07, 6.45) is 3.82. The average molecular weight is 343 g/mol. The number of carbonyl (C=O) groups excluding carboxylic acids is 2. The van der Waals surface area contributed by atoms with Crippen LogP contribution >= 0.6 is 0 Å². The number of benzene rings is 1. The number of carbonyl (C=O) groups is 2. The highest BCUT2D eigenvalue weighted by atomic mass is 16.2. The van der Waals surface area contributed by atoms with Crippen molar-refractivity contribution in [2.45, 2.75) is 38.6 Å². The van der Waals surface area contributed by atoms with Gasteiger partial charge in [-0.3, -0.25) is 9.59 Å². The molecule has 2 saturated heterocycles. The van der Waals surface area contributed by atoms with Crippen molar-refractivity contribution in [3.8, 4) is 0 Å². The third kappa shape index (κ3) is 4.21. The summed E-state index contributed by atoms with van der Waals surface area (Å²) in [5.41, 5.74) is 1.86. The van der Waals surface area contributed by atoms with Crippen molar-refractivity contribution >= 4 is 11.8 Å². The van der Waals surface area contributed by atoms with Gasteiger partial charge in [-0.05, 0) is 51.8 Å². The number of amides is 2. The zero-order chi connectivity index (χ0) is 17.8. The first-order valence-corrected chi connectivity index (χ1v) is 9.40. The third-order valence-electron chi connectivity index (χ3n) is 5.57. The molecule has 0 radical (unpaired) electrons. The molecule has 136 valence electrons. The maximum Gasteiger partial charge on any atom is 0.253 e. The number of rotatable bonds is 3. The van der Waals surface area contributed by atoms with Gasteiger partial charge in [0, 0.05) is 37.8 Å². The first kappa shape index (κ1) is 17.9. The van der Waals surface area contributed by atoms with Gasteiger partial charge >= 0.3 is 0 Å². The number of hydrogen-bond acceptors (Lipinski definition) is 3. The van der Waals surface area contributed by atoms with Gasteiger partial charge in [-0.2, -0.15) is 0 Å². The molecule has 1 atom stereocenters. The molecule has 1 N–H and O–H groups in total. The first-order valence-electron chi connectivity index (χ1n) is 9.40. The van der Waals surface area contributed by atoms with E-state index in [0.717, 1.165) is 50.9 Å². The lowest BCUT2D eigenvalue weighted by atomic mass is 9.94. The lowest BCUT2D eigenvalue weighted by Crippen LogP contribution is -2.50. The normalized spacial score (nSPS) is 22.1. The number of hydrogen-bond donors (Lipinski definition) is 1. The molecule has 1 aromatic rings. The molecule has 25 heavy (non-hydrogen) atoms. The van der Waals surface area contributed by atoms with Gasteiger partial charge in [0.1, 0.15) is 0 Å². The molecule has 2 aliphatic heterocycles. The molecule has 0 aromatic heterocycles. The van der Waals surface area contributed by atoms with E-state index in [9.17, 15) is 9.59 Å². The SMILES string of the molecule is CNC1CCN(C(=O)C2CCCN(C(=O)c3ccc(C)cc3)C2)CC1. The van der Waals surface area contributed by atoms with Crippen molar-refractivity contribution in [3.63, 3.8) is 0 Å². The standard InChI is InChI=1S/C20H29N3O2/c1-15-5-7-16(8-6-15)19(24)23-11-3-4-17(14-23)20(25)22-12-9-18(21-2)10-13-22/h5-8,17-18,21H,3-4,9-14H2,1-2H3. The quantitative estimate of drug-likeness (QED) is 0.914. The van der Waals surface area contributed by atoms with E-state index in [1.807, 2.05) is 48.0 Å². The van der Waals surface area contributed by atoms with Crippen molar-refractivity contribution in [1.29, 1.82) is 0 Å². The Morgan fingerprint density at radius 1 is 1.00 bits per heavy atom. The second-order valence-electron chi connectivity index (χ2n) is 7.34. The molecule has 0 saturated carbocycles. The monoisotopic (exact) mass is 343 g/mol. The van der Waals surface area contributed by atoms with E-state index in [1.165, 1.54) is 0 Å². The van der Waals surface area contributed by atoms with Crippen LogP contribution in [-0.2, 0) is 4.79 Å². The zero-order valence-electron chi connectivity index (χ0n) is 15.3. The Kier molecular flexibility index (Phi) is 5.74. The summed E-state index contributed by atoms with van der Waals surface area (Å²) < 4.78 is 0. The van der Waals surface area contributed by atoms with Gasteiger partial charge in [0.25, 0.3) is 5.91 Å². The number of likely N-dealkylation sites (tertiary alicyclic amines) is 2. The summed E-state index contributed by atoms with van der Waals surface area (Å²) in [6, 6.07) is 8.21. The highest BCUT2D eigenvalue weighted by Gasteiger charge is 2.32. The van der Waals surface area contributed by atoms with Crippen LogP contribution in [-0.4, -0.2) is 60.9 Å². The van der Waals surface area contributed by atoms with E-state index < -0.39 is 0 Å². The zero-order valence-corrected chi connectivity index (χ0v) is 15.3. The van der Waals surface area contributed by atoms with Gasteiger partial charge in [-0.15, -0.1) is 0 Å². The first-order chi connectivity index (χ1) is 12.1. The lowest BCUT2D eigenvalue weighted by Gasteiger charge is -2.37. The number of piperidine rings is 2. The van der Waals surface area contributed by atoms with Crippen LogP contribution < -0.4 is 5.32 Å². The molecule has 5 heteroatoms. The van der Waals surface area contributed by atoms with Gasteiger partial charge in [0.2, 0.25) is 5.91 Å². The Morgan fingerprint density at radius 3 is 2.32 bits per heavy atom. The third-order valence-corrected chi connectivity index (χ3v) is 5.57. The molecule has 0 bridgehead atoms. The van der Waals surface area contributed by atoms with E-state index in [2.05, 4.69) is 5.32 Å². The minimum Gasteiger partial charge on any atom is -0.342 e. The number of nitrogens with zero attached hydrogens (tertiary/aromatic N) is 2. The molecule has 1 aromatic carbocycles. The Balaban J connectivity index is 1.60. The highest BCUT2D eigenvalue weighted by Crippen LogP contribution is 2.22. The van der Waals surface area contributed by atoms with E-state index in [4.69, 9.17) is 0 Å². The van der Waals surface area contributed by atoms with Crippen molar-refractivity contribution in [2.24, 2.45) is 5.92 Å². The van der Waals surface area contributed by atoms with Gasteiger partial charge in [-0.1, -0.05) is 17.7 Å². The van der Waals surface area contributed by atoms with Crippen LogP contribution in [0.5, 0.6) is 0 Å². The molecule has 2 fully saturated rings. The Hall–Kier alpha value is -1.88. The van der Waals surface area contributed by atoms with Crippen LogP contribution in [0, 0.1) is 12.8 Å². The largest absolute Gasteiger partial charge is 0.342 e. The van der Waals surface area contributed by atoms with Crippen LogP contribution in [0.4, 0.5) is 0 Å². The van der Waals surface area contributed by atoms with E-state index in [-0.39, 0.29) is 17.7 Å². The van der Waals surface area contributed by atoms with Crippen molar-refractivity contribution < 1.29 is 9.59 Å². The topological polar surface area (TPSA) is 52.7 Å². The van der Waals surface area contributed by atoms with Gasteiger partial charge in [0.15, 0.2) is 0 Å². The van der Waals surface area contributed by atoms with Crippen LogP contribution in [0.3, 0.4) is 0 Å². The van der Waals surface area contributed by atoms with Crippen LogP contribution in [0.15, 0.2) is 24.3 Å². The fourth-order valence-corrected chi connectivity index (χ4v) is 3.89. The Labute approximate surface area is 150 Å². The van der Waals surface area contributed by atoms with E-state index in [1.54, 1.807) is 0 Å². The Bertz CT molecular complexity index is 606. The summed E-state index contributed by atoms with van der Waals surface area (Å²) in [4.78, 5) is 29.5. The predicted molar refractivity (Wildman–Crippen MR) is 98.5 cm³/mol. The van der Waals surface area contributed by atoms with Gasteiger partial charge in [0.05, 0.1) is 5.92 Å². The second-order valence-corrected chi connectivity index (χ2v) is 7.34. The molecule has 2 amide bonds. The van der Waals surface area contributed by atoms with Crippen LogP contribution in [0.1, 0.15) is 41.6 Å². The summed E-state index contributed by atoms with van der Waals surface area (Å²) in [5, 5.41) is 3.30. The summed E-state index contributed by atoms with van der Waals surface area (Å²) in [7, 11) is 1.98. The lowest BCUT2D eigenvalue weighted by molar-refractivity contribution is -0.138. The van der Waals surface area contributed by atoms with Crippen molar-refractivity contribution in [3.05, 3.63) is 35.4 Å². The maximum absolute atomic E-state index is 12.9. The predicted octanol–water partition coefficient (Wildman–Crippen LogP) is 2.06. The molecule has 2 heterocycles. The second kappa shape index (κ2) is 8.00. The van der Waals surface area contributed by atoms with E-state index >= 15 is 0 Å². The van der Waals surface area contributed by atoms with Crippen LogP contribution in [0.2, 0.25) is 0 Å². The number of aryl methyl sites for hydroxylation is 1. The molecule has 2 aliphatic rings. The van der Waals surface area contributed by atoms with Gasteiger partial charge in [-0.25, -0.2) is 0 Å². The van der Waals surface area contributed by atoms with Gasteiger partial charge < -0.3 is 15.1 Å². The average Bonchev–Trinajstić information content (AvgIpc) is 2.67.